The van der Waals surface area contributed by atoms with Gasteiger partial charge in [-0.05, 0) is 43.2 Å². The minimum atomic E-state index is -0.412. The zero-order valence-electron chi connectivity index (χ0n) is 14.9. The summed E-state index contributed by atoms with van der Waals surface area (Å²) >= 11 is 0. The molecule has 8 heteroatoms. The van der Waals surface area contributed by atoms with Crippen LogP contribution in [0.5, 0.6) is 0 Å². The molecule has 1 aliphatic heterocycles. The van der Waals surface area contributed by atoms with E-state index in [-0.39, 0.29) is 23.3 Å². The maximum absolute atomic E-state index is 12.9. The van der Waals surface area contributed by atoms with E-state index in [9.17, 15) is 18.8 Å². The number of pyridine rings is 1. The van der Waals surface area contributed by atoms with Crippen LogP contribution in [0.25, 0.3) is 0 Å². The molecular formula is C19H21FN4O3. The van der Waals surface area contributed by atoms with E-state index in [2.05, 4.69) is 15.6 Å². The number of anilines is 1. The number of hydrogen-bond donors (Lipinski definition) is 3. The van der Waals surface area contributed by atoms with Crippen LogP contribution < -0.4 is 16.2 Å². The largest absolute Gasteiger partial charge is 0.337 e. The molecule has 0 bridgehead atoms. The second-order valence-electron chi connectivity index (χ2n) is 6.45. The standard InChI is InChI=1S/C19H21FN4O3/c1-2-14-9-12(10-17(25)21-14)18(26)24-8-7-16(11-24)23-19(27)22-15-5-3-13(20)4-6-15/h3-6,9-10,16H,2,7-8,11H2,1H3,(H,21,25)(H2,22,23,27). The molecule has 1 fully saturated rings. The van der Waals surface area contributed by atoms with Gasteiger partial charge in [0.25, 0.3) is 5.91 Å². The van der Waals surface area contributed by atoms with E-state index >= 15 is 0 Å². The molecular weight excluding hydrogens is 351 g/mol. The molecule has 3 N–H and O–H groups in total. The lowest BCUT2D eigenvalue weighted by Gasteiger charge is -2.17. The molecule has 0 aliphatic carbocycles. The fourth-order valence-corrected chi connectivity index (χ4v) is 3.05. The van der Waals surface area contributed by atoms with Crippen LogP contribution in [0, 0.1) is 5.82 Å². The van der Waals surface area contributed by atoms with E-state index in [1.165, 1.54) is 30.3 Å². The Bertz CT molecular complexity index is 895. The summed E-state index contributed by atoms with van der Waals surface area (Å²) in [7, 11) is 0. The van der Waals surface area contributed by atoms with E-state index in [1.54, 1.807) is 11.0 Å². The van der Waals surface area contributed by atoms with Crippen molar-refractivity contribution in [2.75, 3.05) is 18.4 Å². The first-order chi connectivity index (χ1) is 12.9. The number of aromatic amines is 1. The molecule has 142 valence electrons. The second-order valence-corrected chi connectivity index (χ2v) is 6.45. The molecule has 1 unspecified atom stereocenters. The van der Waals surface area contributed by atoms with Gasteiger partial charge in [0.1, 0.15) is 5.82 Å². The van der Waals surface area contributed by atoms with Gasteiger partial charge < -0.3 is 20.5 Å². The first-order valence-corrected chi connectivity index (χ1v) is 8.80. The second kappa shape index (κ2) is 8.03. The topological polar surface area (TPSA) is 94.3 Å². The highest BCUT2D eigenvalue weighted by molar-refractivity contribution is 5.94. The number of urea groups is 1. The molecule has 0 saturated carbocycles. The fraction of sp³-hybridized carbons (Fsp3) is 0.316. The minimum Gasteiger partial charge on any atom is -0.337 e. The molecule has 1 aliphatic rings. The summed E-state index contributed by atoms with van der Waals surface area (Å²) in [6, 6.07) is 7.84. The zero-order valence-corrected chi connectivity index (χ0v) is 14.9. The van der Waals surface area contributed by atoms with Crippen LogP contribution in [0.3, 0.4) is 0 Å². The van der Waals surface area contributed by atoms with Crippen molar-refractivity contribution in [2.45, 2.75) is 25.8 Å². The molecule has 0 radical (unpaired) electrons. The summed E-state index contributed by atoms with van der Waals surface area (Å²) in [5.41, 5.74) is 1.24. The Labute approximate surface area is 155 Å². The number of carbonyl (C=O) groups excluding carboxylic acids is 2. The van der Waals surface area contributed by atoms with Crippen molar-refractivity contribution in [1.29, 1.82) is 0 Å². The molecule has 1 atom stereocenters. The number of carbonyl (C=O) groups is 2. The summed E-state index contributed by atoms with van der Waals surface area (Å²) in [5.74, 6) is -0.601. The van der Waals surface area contributed by atoms with Crippen molar-refractivity contribution in [3.05, 3.63) is 63.8 Å². The molecule has 7 nitrogen and oxygen atoms in total. The number of benzene rings is 1. The number of hydrogen-bond acceptors (Lipinski definition) is 3. The average molecular weight is 372 g/mol. The highest BCUT2D eigenvalue weighted by Crippen LogP contribution is 2.14. The molecule has 27 heavy (non-hydrogen) atoms. The molecule has 1 aromatic carbocycles. The van der Waals surface area contributed by atoms with Crippen LogP contribution in [0.1, 0.15) is 29.4 Å². The number of halogens is 1. The van der Waals surface area contributed by atoms with E-state index in [1.807, 2.05) is 6.92 Å². The smallest absolute Gasteiger partial charge is 0.319 e. The number of nitrogens with zero attached hydrogens (tertiary/aromatic N) is 1. The molecule has 2 aromatic rings. The number of likely N-dealkylation sites (tertiary alicyclic amines) is 1. The van der Waals surface area contributed by atoms with Crippen molar-refractivity contribution < 1.29 is 14.0 Å². The van der Waals surface area contributed by atoms with Crippen molar-refractivity contribution in [2.24, 2.45) is 0 Å². The third kappa shape index (κ3) is 4.72. The van der Waals surface area contributed by atoms with Crippen LogP contribution in [-0.2, 0) is 6.42 Å². The summed E-state index contributed by atoms with van der Waals surface area (Å²) in [4.78, 5) is 40.7. The van der Waals surface area contributed by atoms with E-state index in [0.717, 1.165) is 0 Å². The lowest BCUT2D eigenvalue weighted by Crippen LogP contribution is -2.40. The van der Waals surface area contributed by atoms with E-state index in [4.69, 9.17) is 0 Å². The van der Waals surface area contributed by atoms with Crippen LogP contribution in [0.2, 0.25) is 0 Å². The Morgan fingerprint density at radius 2 is 2.00 bits per heavy atom. The number of amides is 3. The Balaban J connectivity index is 1.57. The molecule has 0 spiro atoms. The summed E-state index contributed by atoms with van der Waals surface area (Å²) in [6.45, 7) is 2.76. The average Bonchev–Trinajstić information content (AvgIpc) is 3.10. The Kier molecular flexibility index (Phi) is 5.54. The summed E-state index contributed by atoms with van der Waals surface area (Å²) in [5, 5.41) is 5.44. The van der Waals surface area contributed by atoms with Gasteiger partial charge in [0.15, 0.2) is 0 Å². The van der Waals surface area contributed by atoms with Gasteiger partial charge in [-0.25, -0.2) is 9.18 Å². The van der Waals surface area contributed by atoms with E-state index < -0.39 is 6.03 Å². The van der Waals surface area contributed by atoms with Crippen molar-refractivity contribution in [3.8, 4) is 0 Å². The third-order valence-electron chi connectivity index (χ3n) is 4.44. The SMILES string of the molecule is CCc1cc(C(=O)N2CCC(NC(=O)Nc3ccc(F)cc3)C2)cc(=O)[nH]1. The van der Waals surface area contributed by atoms with Gasteiger partial charge in [0, 0.05) is 42.1 Å². The first-order valence-electron chi connectivity index (χ1n) is 8.80. The molecule has 1 saturated heterocycles. The van der Waals surface area contributed by atoms with E-state index in [0.29, 0.717) is 42.9 Å². The van der Waals surface area contributed by atoms with Crippen molar-refractivity contribution in [3.63, 3.8) is 0 Å². The fourth-order valence-electron chi connectivity index (χ4n) is 3.05. The van der Waals surface area contributed by atoms with Crippen LogP contribution >= 0.6 is 0 Å². The van der Waals surface area contributed by atoms with Gasteiger partial charge >= 0.3 is 6.03 Å². The van der Waals surface area contributed by atoms with Gasteiger partial charge in [0.2, 0.25) is 5.56 Å². The molecule has 3 rings (SSSR count). The van der Waals surface area contributed by atoms with Gasteiger partial charge in [0.05, 0.1) is 0 Å². The summed E-state index contributed by atoms with van der Waals surface area (Å²) in [6.07, 6.45) is 1.25. The van der Waals surface area contributed by atoms with Gasteiger partial charge in [-0.1, -0.05) is 6.92 Å². The number of rotatable bonds is 4. The third-order valence-corrected chi connectivity index (χ3v) is 4.44. The van der Waals surface area contributed by atoms with Crippen LogP contribution in [0.4, 0.5) is 14.9 Å². The quantitative estimate of drug-likeness (QED) is 0.767. The predicted octanol–water partition coefficient (Wildman–Crippen LogP) is 2.11. The minimum absolute atomic E-state index is 0.193. The van der Waals surface area contributed by atoms with Crippen LogP contribution in [-0.4, -0.2) is 41.0 Å². The summed E-state index contributed by atoms with van der Waals surface area (Å²) < 4.78 is 12.9. The maximum atomic E-state index is 12.9. The monoisotopic (exact) mass is 372 g/mol. The normalized spacial score (nSPS) is 16.2. The first kappa shape index (κ1) is 18.6. The Morgan fingerprint density at radius 1 is 1.26 bits per heavy atom. The number of H-pyrrole nitrogens is 1. The number of aryl methyl sites for hydroxylation is 1. The molecule has 1 aromatic heterocycles. The number of aromatic nitrogens is 1. The Morgan fingerprint density at radius 3 is 2.70 bits per heavy atom. The number of nitrogens with one attached hydrogen (secondary N) is 3. The highest BCUT2D eigenvalue weighted by atomic mass is 19.1. The lowest BCUT2D eigenvalue weighted by molar-refractivity contribution is 0.0789. The zero-order chi connectivity index (χ0) is 19.4. The van der Waals surface area contributed by atoms with Crippen molar-refractivity contribution >= 4 is 17.6 Å². The molecule has 2 heterocycles. The van der Waals surface area contributed by atoms with Crippen molar-refractivity contribution in [1.82, 2.24) is 15.2 Å². The predicted molar refractivity (Wildman–Crippen MR) is 99.3 cm³/mol. The van der Waals surface area contributed by atoms with Gasteiger partial charge in [-0.15, -0.1) is 0 Å². The lowest BCUT2D eigenvalue weighted by atomic mass is 10.2. The van der Waals surface area contributed by atoms with Crippen LogP contribution in [0.15, 0.2) is 41.2 Å². The van der Waals surface area contributed by atoms with Gasteiger partial charge in [-0.2, -0.15) is 0 Å². The van der Waals surface area contributed by atoms with Gasteiger partial charge in [-0.3, -0.25) is 9.59 Å². The molecule has 3 amide bonds. The Hall–Kier alpha value is -3.16. The maximum Gasteiger partial charge on any atom is 0.319 e. The highest BCUT2D eigenvalue weighted by Gasteiger charge is 2.28.